The second kappa shape index (κ2) is 7.70. The Hall–Kier alpha value is -1.66. The maximum Gasteiger partial charge on any atom is 0.249 e. The minimum atomic E-state index is -0.161. The summed E-state index contributed by atoms with van der Waals surface area (Å²) in [6.45, 7) is 4.63. The third-order valence-electron chi connectivity index (χ3n) is 4.18. The third-order valence-corrected chi connectivity index (χ3v) is 5.14. The molecule has 1 atom stereocenters. The SMILES string of the molecule is CCCNC(=O)C1=C(C)Nc2ncc(Br)cc2C1c1ccc(Br)cc1. The largest absolute Gasteiger partial charge is 0.352 e. The van der Waals surface area contributed by atoms with Gasteiger partial charge >= 0.3 is 0 Å². The van der Waals surface area contributed by atoms with Gasteiger partial charge in [0.15, 0.2) is 0 Å². The van der Waals surface area contributed by atoms with E-state index in [-0.39, 0.29) is 11.8 Å². The predicted molar refractivity (Wildman–Crippen MR) is 108 cm³/mol. The van der Waals surface area contributed by atoms with Gasteiger partial charge in [-0.2, -0.15) is 0 Å². The zero-order valence-corrected chi connectivity index (χ0v) is 17.2. The number of carbonyl (C=O) groups excluding carboxylic acids is 1. The second-order valence-electron chi connectivity index (χ2n) is 6.00. The highest BCUT2D eigenvalue weighted by molar-refractivity contribution is 9.10. The fourth-order valence-corrected chi connectivity index (χ4v) is 3.65. The first-order chi connectivity index (χ1) is 12.0. The zero-order valence-electron chi connectivity index (χ0n) is 14.1. The van der Waals surface area contributed by atoms with E-state index >= 15 is 0 Å². The molecule has 0 fully saturated rings. The number of hydrogen-bond acceptors (Lipinski definition) is 3. The standard InChI is InChI=1S/C19H19Br2N3O/c1-3-8-22-19(25)16-11(2)24-18-15(9-14(21)10-23-18)17(16)12-4-6-13(20)7-5-12/h4-7,9-10,17H,3,8H2,1-2H3,(H,22,25)(H,23,24). The minimum absolute atomic E-state index is 0.0367. The quantitative estimate of drug-likeness (QED) is 0.671. The van der Waals surface area contributed by atoms with Crippen molar-refractivity contribution in [2.45, 2.75) is 26.2 Å². The van der Waals surface area contributed by atoms with Crippen LogP contribution in [0.2, 0.25) is 0 Å². The molecule has 2 heterocycles. The number of allylic oxidation sites excluding steroid dienone is 1. The number of benzene rings is 1. The molecule has 2 N–H and O–H groups in total. The summed E-state index contributed by atoms with van der Waals surface area (Å²) >= 11 is 6.98. The summed E-state index contributed by atoms with van der Waals surface area (Å²) in [6.07, 6.45) is 2.66. The van der Waals surface area contributed by atoms with E-state index in [4.69, 9.17) is 0 Å². The van der Waals surface area contributed by atoms with Gasteiger partial charge in [0.1, 0.15) is 5.82 Å². The predicted octanol–water partition coefficient (Wildman–Crippen LogP) is 4.96. The van der Waals surface area contributed by atoms with E-state index in [1.165, 1.54) is 0 Å². The van der Waals surface area contributed by atoms with Gasteiger partial charge < -0.3 is 10.6 Å². The van der Waals surface area contributed by atoms with Crippen molar-refractivity contribution in [2.75, 3.05) is 11.9 Å². The summed E-state index contributed by atoms with van der Waals surface area (Å²) in [6, 6.07) is 10.1. The molecule has 0 aliphatic carbocycles. The minimum Gasteiger partial charge on any atom is -0.352 e. The highest BCUT2D eigenvalue weighted by Gasteiger charge is 2.32. The second-order valence-corrected chi connectivity index (χ2v) is 7.83. The molecule has 1 aliphatic rings. The van der Waals surface area contributed by atoms with E-state index in [0.29, 0.717) is 6.54 Å². The Kier molecular flexibility index (Phi) is 5.59. The topological polar surface area (TPSA) is 54.0 Å². The van der Waals surface area contributed by atoms with Crippen LogP contribution in [-0.4, -0.2) is 17.4 Å². The molecule has 1 aliphatic heterocycles. The van der Waals surface area contributed by atoms with Crippen LogP contribution in [0.5, 0.6) is 0 Å². The molecule has 1 amide bonds. The normalized spacial score (nSPS) is 16.2. The first-order valence-corrected chi connectivity index (χ1v) is 9.76. The molecule has 0 radical (unpaired) electrons. The van der Waals surface area contributed by atoms with Crippen molar-refractivity contribution in [2.24, 2.45) is 0 Å². The average molecular weight is 465 g/mol. The summed E-state index contributed by atoms with van der Waals surface area (Å²) in [5.74, 6) is 0.595. The van der Waals surface area contributed by atoms with Crippen molar-refractivity contribution in [3.8, 4) is 0 Å². The number of fused-ring (bicyclic) bond motifs is 1. The highest BCUT2D eigenvalue weighted by Crippen LogP contribution is 2.42. The molecule has 0 spiro atoms. The molecule has 130 valence electrons. The summed E-state index contributed by atoms with van der Waals surface area (Å²) in [5, 5.41) is 6.29. The highest BCUT2D eigenvalue weighted by atomic mass is 79.9. The van der Waals surface area contributed by atoms with Gasteiger partial charge in [-0.05, 0) is 53.0 Å². The molecule has 2 aromatic rings. The third kappa shape index (κ3) is 3.80. The molecule has 0 saturated carbocycles. The molecule has 6 heteroatoms. The Morgan fingerprint density at radius 1 is 1.24 bits per heavy atom. The number of aromatic nitrogens is 1. The lowest BCUT2D eigenvalue weighted by Crippen LogP contribution is -2.32. The Bertz CT molecular complexity index is 831. The van der Waals surface area contributed by atoms with Gasteiger partial charge in [0.05, 0.1) is 0 Å². The molecule has 0 bridgehead atoms. The number of nitrogens with one attached hydrogen (secondary N) is 2. The van der Waals surface area contributed by atoms with Crippen LogP contribution in [-0.2, 0) is 4.79 Å². The Morgan fingerprint density at radius 2 is 1.96 bits per heavy atom. The van der Waals surface area contributed by atoms with Crippen molar-refractivity contribution in [3.63, 3.8) is 0 Å². The Morgan fingerprint density at radius 3 is 2.64 bits per heavy atom. The van der Waals surface area contributed by atoms with Crippen molar-refractivity contribution >= 4 is 43.6 Å². The van der Waals surface area contributed by atoms with Gasteiger partial charge in [-0.1, -0.05) is 35.0 Å². The summed E-state index contributed by atoms with van der Waals surface area (Å²) in [7, 11) is 0. The van der Waals surface area contributed by atoms with Gasteiger partial charge in [-0.25, -0.2) is 4.98 Å². The molecular weight excluding hydrogens is 446 g/mol. The van der Waals surface area contributed by atoms with E-state index < -0.39 is 0 Å². The molecule has 3 rings (SSSR count). The summed E-state index contributed by atoms with van der Waals surface area (Å²) in [5.41, 5.74) is 3.63. The first-order valence-electron chi connectivity index (χ1n) is 8.18. The van der Waals surface area contributed by atoms with Crippen molar-refractivity contribution in [1.82, 2.24) is 10.3 Å². The molecule has 1 aromatic heterocycles. The molecule has 1 unspecified atom stereocenters. The number of anilines is 1. The van der Waals surface area contributed by atoms with Gasteiger partial charge in [0.25, 0.3) is 0 Å². The van der Waals surface area contributed by atoms with Crippen LogP contribution in [0.15, 0.2) is 56.7 Å². The maximum absolute atomic E-state index is 12.9. The van der Waals surface area contributed by atoms with E-state index in [1.54, 1.807) is 6.20 Å². The summed E-state index contributed by atoms with van der Waals surface area (Å²) < 4.78 is 1.90. The molecule has 1 aromatic carbocycles. The average Bonchev–Trinajstić information content (AvgIpc) is 2.60. The van der Waals surface area contributed by atoms with Gasteiger partial charge in [-0.3, -0.25) is 4.79 Å². The number of hydrogen-bond donors (Lipinski definition) is 2. The first kappa shape index (κ1) is 18.1. The number of halogens is 2. The van der Waals surface area contributed by atoms with Gasteiger partial charge in [0, 0.05) is 44.4 Å². The van der Waals surface area contributed by atoms with Crippen LogP contribution in [0.25, 0.3) is 0 Å². The molecule has 0 saturated heterocycles. The monoisotopic (exact) mass is 463 g/mol. The van der Waals surface area contributed by atoms with Crippen molar-refractivity contribution in [1.29, 1.82) is 0 Å². The van der Waals surface area contributed by atoms with Crippen LogP contribution in [0.4, 0.5) is 5.82 Å². The van der Waals surface area contributed by atoms with Gasteiger partial charge in [0.2, 0.25) is 5.91 Å². The lowest BCUT2D eigenvalue weighted by atomic mass is 9.81. The van der Waals surface area contributed by atoms with Crippen LogP contribution in [0.1, 0.15) is 37.3 Å². The molecular formula is C19H19Br2N3O. The maximum atomic E-state index is 12.9. The Labute approximate surface area is 164 Å². The number of rotatable bonds is 4. The van der Waals surface area contributed by atoms with Crippen LogP contribution >= 0.6 is 31.9 Å². The summed E-state index contributed by atoms with van der Waals surface area (Å²) in [4.78, 5) is 17.3. The fraction of sp³-hybridized carbons (Fsp3) is 0.263. The number of nitrogens with zero attached hydrogens (tertiary/aromatic N) is 1. The Balaban J connectivity index is 2.14. The molecule has 4 nitrogen and oxygen atoms in total. The fourth-order valence-electron chi connectivity index (χ4n) is 3.03. The number of amides is 1. The van der Waals surface area contributed by atoms with E-state index in [0.717, 1.165) is 43.6 Å². The van der Waals surface area contributed by atoms with E-state index in [2.05, 4.69) is 47.5 Å². The smallest absolute Gasteiger partial charge is 0.249 e. The molecule has 25 heavy (non-hydrogen) atoms. The van der Waals surface area contributed by atoms with Crippen LogP contribution in [0, 0.1) is 0 Å². The number of carbonyl (C=O) groups is 1. The zero-order chi connectivity index (χ0) is 18.0. The van der Waals surface area contributed by atoms with E-state index in [9.17, 15) is 4.79 Å². The van der Waals surface area contributed by atoms with E-state index in [1.807, 2.05) is 44.2 Å². The van der Waals surface area contributed by atoms with Gasteiger partial charge in [-0.15, -0.1) is 0 Å². The van der Waals surface area contributed by atoms with Crippen LogP contribution in [0.3, 0.4) is 0 Å². The lowest BCUT2D eigenvalue weighted by molar-refractivity contribution is -0.117. The number of pyridine rings is 1. The van der Waals surface area contributed by atoms with Crippen molar-refractivity contribution in [3.05, 3.63) is 67.9 Å². The van der Waals surface area contributed by atoms with Crippen LogP contribution < -0.4 is 10.6 Å². The lowest BCUT2D eigenvalue weighted by Gasteiger charge is -2.30. The van der Waals surface area contributed by atoms with Crippen molar-refractivity contribution < 1.29 is 4.79 Å².